The van der Waals surface area contributed by atoms with Crippen LogP contribution in [0.25, 0.3) is 17.2 Å². The molecule has 1 aliphatic heterocycles. The molecular formula is C16H10F3NO. The average Bonchev–Trinajstić information content (AvgIpc) is 2.76. The smallest absolute Gasteiger partial charge is 0.267 e. The fourth-order valence-electron chi connectivity index (χ4n) is 2.31. The second-order valence-corrected chi connectivity index (χ2v) is 4.91. The van der Waals surface area contributed by atoms with Crippen LogP contribution in [0.15, 0.2) is 41.4 Å². The molecular weight excluding hydrogens is 279 g/mol. The van der Waals surface area contributed by atoms with Gasteiger partial charge >= 0.3 is 6.18 Å². The molecule has 2 nitrogen and oxygen atoms in total. The van der Waals surface area contributed by atoms with Gasteiger partial charge in [-0.25, -0.2) is 4.99 Å². The molecule has 0 radical (unpaired) electrons. The Morgan fingerprint density at radius 3 is 2.33 bits per heavy atom. The van der Waals surface area contributed by atoms with Crippen LogP contribution in [0.2, 0.25) is 0 Å². The summed E-state index contributed by atoms with van der Waals surface area (Å²) < 4.78 is 39.7. The Morgan fingerprint density at radius 1 is 1.05 bits per heavy atom. The van der Waals surface area contributed by atoms with Crippen LogP contribution in [0, 0.1) is 6.92 Å². The lowest BCUT2D eigenvalue weighted by atomic mass is 9.97. The molecule has 1 heterocycles. The highest BCUT2D eigenvalue weighted by atomic mass is 19.4. The number of rotatable bonds is 1. The molecule has 0 bridgehead atoms. The molecule has 1 aliphatic rings. The zero-order chi connectivity index (χ0) is 15.2. The van der Waals surface area contributed by atoms with Crippen molar-refractivity contribution in [1.82, 2.24) is 0 Å². The largest absolute Gasteiger partial charge is 0.417 e. The fourth-order valence-corrected chi connectivity index (χ4v) is 2.31. The van der Waals surface area contributed by atoms with Gasteiger partial charge in [-0.1, -0.05) is 29.8 Å². The van der Waals surface area contributed by atoms with Gasteiger partial charge in [0.15, 0.2) is 0 Å². The molecule has 0 N–H and O–H groups in total. The predicted octanol–water partition coefficient (Wildman–Crippen LogP) is 2.62. The van der Waals surface area contributed by atoms with Crippen molar-refractivity contribution in [2.75, 3.05) is 0 Å². The van der Waals surface area contributed by atoms with Gasteiger partial charge in [0.25, 0.3) is 5.91 Å². The maximum absolute atomic E-state index is 13.2. The Bertz CT molecular complexity index is 849. The van der Waals surface area contributed by atoms with E-state index in [-0.39, 0.29) is 10.9 Å². The highest BCUT2D eigenvalue weighted by molar-refractivity contribution is 6.06. The molecule has 0 saturated carbocycles. The molecule has 0 spiro atoms. The summed E-state index contributed by atoms with van der Waals surface area (Å²) in [5.74, 6) is -0.529. The van der Waals surface area contributed by atoms with E-state index >= 15 is 0 Å². The third-order valence-electron chi connectivity index (χ3n) is 3.34. The highest BCUT2D eigenvalue weighted by Gasteiger charge is 2.34. The van der Waals surface area contributed by atoms with E-state index in [9.17, 15) is 18.0 Å². The minimum absolute atomic E-state index is 0.0578. The van der Waals surface area contributed by atoms with Gasteiger partial charge in [-0.15, -0.1) is 0 Å². The van der Waals surface area contributed by atoms with E-state index < -0.39 is 17.6 Å². The minimum atomic E-state index is -4.50. The van der Waals surface area contributed by atoms with Crippen molar-refractivity contribution < 1.29 is 18.0 Å². The van der Waals surface area contributed by atoms with Gasteiger partial charge in [-0.05, 0) is 30.2 Å². The predicted molar refractivity (Wildman–Crippen MR) is 71.9 cm³/mol. The van der Waals surface area contributed by atoms with Gasteiger partial charge in [0, 0.05) is 11.3 Å². The molecule has 0 saturated heterocycles. The van der Waals surface area contributed by atoms with Gasteiger partial charge in [0.2, 0.25) is 0 Å². The molecule has 1 amide bonds. The lowest BCUT2D eigenvalue weighted by Gasteiger charge is -2.13. The van der Waals surface area contributed by atoms with Crippen LogP contribution in [0.4, 0.5) is 13.2 Å². The zero-order valence-electron chi connectivity index (χ0n) is 11.0. The Morgan fingerprint density at radius 2 is 1.71 bits per heavy atom. The average molecular weight is 289 g/mol. The number of hydrogen-bond donors (Lipinski definition) is 0. The summed E-state index contributed by atoms with van der Waals surface area (Å²) in [6, 6.07) is 9.09. The molecule has 0 aromatic heterocycles. The maximum atomic E-state index is 13.2. The number of benzene rings is 2. The third-order valence-corrected chi connectivity index (χ3v) is 3.34. The van der Waals surface area contributed by atoms with E-state index in [0.29, 0.717) is 10.8 Å². The lowest BCUT2D eigenvalue weighted by Crippen LogP contribution is -2.25. The summed E-state index contributed by atoms with van der Waals surface area (Å²) >= 11 is 0. The normalized spacial score (nSPS) is 13.6. The fraction of sp³-hybridized carbons (Fsp3) is 0.125. The van der Waals surface area contributed by atoms with Crippen molar-refractivity contribution >= 4 is 12.0 Å². The molecule has 5 heteroatoms. The summed E-state index contributed by atoms with van der Waals surface area (Å²) in [6.45, 7) is 1.86. The van der Waals surface area contributed by atoms with E-state index in [2.05, 4.69) is 4.99 Å². The second-order valence-electron chi connectivity index (χ2n) is 4.91. The van der Waals surface area contributed by atoms with E-state index in [4.69, 9.17) is 0 Å². The van der Waals surface area contributed by atoms with E-state index in [0.717, 1.165) is 11.6 Å². The quantitative estimate of drug-likeness (QED) is 0.793. The number of carbonyl (C=O) groups excluding carboxylic acids is 1. The monoisotopic (exact) mass is 289 g/mol. The summed E-state index contributed by atoms with van der Waals surface area (Å²) in [6.07, 6.45) is -3.26. The number of aryl methyl sites for hydroxylation is 1. The van der Waals surface area contributed by atoms with Crippen molar-refractivity contribution in [2.24, 2.45) is 4.99 Å². The Balaban J connectivity index is 2.32. The van der Waals surface area contributed by atoms with Crippen molar-refractivity contribution in [2.45, 2.75) is 13.1 Å². The molecule has 2 aromatic rings. The third kappa shape index (κ3) is 2.46. The van der Waals surface area contributed by atoms with Crippen LogP contribution in [0.1, 0.15) is 11.1 Å². The van der Waals surface area contributed by atoms with Crippen molar-refractivity contribution in [3.63, 3.8) is 0 Å². The topological polar surface area (TPSA) is 29.4 Å². The first-order valence-electron chi connectivity index (χ1n) is 6.27. The first-order chi connectivity index (χ1) is 9.84. The van der Waals surface area contributed by atoms with Crippen molar-refractivity contribution in [1.29, 1.82) is 0 Å². The van der Waals surface area contributed by atoms with Crippen LogP contribution in [0.3, 0.4) is 0 Å². The number of nitrogens with zero attached hydrogens (tertiary/aromatic N) is 1. The number of alkyl halides is 3. The summed E-state index contributed by atoms with van der Waals surface area (Å²) in [4.78, 5) is 14.8. The SMILES string of the molecule is Cc1ccc(-c2cc3c(cc2C(F)(F)F)=NC(=O)C=3)cc1. The van der Waals surface area contributed by atoms with Crippen LogP contribution in [-0.2, 0) is 11.0 Å². The van der Waals surface area contributed by atoms with Crippen LogP contribution in [0.5, 0.6) is 0 Å². The molecule has 3 rings (SSSR count). The van der Waals surface area contributed by atoms with Crippen molar-refractivity contribution in [3.05, 3.63) is 58.1 Å². The summed E-state index contributed by atoms with van der Waals surface area (Å²) in [5, 5.41) is 0.492. The Hall–Kier alpha value is -2.43. The molecule has 0 fully saturated rings. The van der Waals surface area contributed by atoms with Gasteiger partial charge in [0.1, 0.15) is 0 Å². The highest BCUT2D eigenvalue weighted by Crippen LogP contribution is 2.35. The van der Waals surface area contributed by atoms with Crippen molar-refractivity contribution in [3.8, 4) is 11.1 Å². The number of amides is 1. The summed E-state index contributed by atoms with van der Waals surface area (Å²) in [7, 11) is 0. The molecule has 21 heavy (non-hydrogen) atoms. The summed E-state index contributed by atoms with van der Waals surface area (Å²) in [5.41, 5.74) is 0.702. The second kappa shape index (κ2) is 4.55. The van der Waals surface area contributed by atoms with E-state index in [1.807, 2.05) is 6.92 Å². The Kier molecular flexibility index (Phi) is 2.93. The maximum Gasteiger partial charge on any atom is 0.417 e. The number of hydrogen-bond acceptors (Lipinski definition) is 1. The first kappa shape index (κ1) is 13.5. The Labute approximate surface area is 118 Å². The molecule has 2 aromatic carbocycles. The number of fused-ring (bicyclic) bond motifs is 1. The minimum Gasteiger partial charge on any atom is -0.267 e. The first-order valence-corrected chi connectivity index (χ1v) is 6.27. The van der Waals surface area contributed by atoms with Gasteiger partial charge in [0.05, 0.1) is 10.9 Å². The van der Waals surface area contributed by atoms with Gasteiger partial charge in [-0.3, -0.25) is 4.79 Å². The van der Waals surface area contributed by atoms with E-state index in [1.165, 1.54) is 12.1 Å². The molecule has 0 aliphatic carbocycles. The van der Waals surface area contributed by atoms with Crippen LogP contribution in [-0.4, -0.2) is 5.91 Å². The molecule has 0 atom stereocenters. The van der Waals surface area contributed by atoms with Crippen LogP contribution < -0.4 is 10.6 Å². The molecule has 106 valence electrons. The number of carbonyl (C=O) groups is 1. The van der Waals surface area contributed by atoms with Gasteiger partial charge < -0.3 is 0 Å². The van der Waals surface area contributed by atoms with E-state index in [1.54, 1.807) is 24.3 Å². The lowest BCUT2D eigenvalue weighted by molar-refractivity contribution is -0.137. The number of halogens is 3. The standard InChI is InChI=1S/C16H10F3NO/c1-9-2-4-10(5-3-9)12-6-11-7-15(21)20-14(11)8-13(12)16(17,18)19/h2-8H,1H3. The van der Waals surface area contributed by atoms with Crippen LogP contribution >= 0.6 is 0 Å². The zero-order valence-corrected chi connectivity index (χ0v) is 11.0. The molecule has 0 unspecified atom stereocenters. The van der Waals surface area contributed by atoms with Gasteiger partial charge in [-0.2, -0.15) is 13.2 Å².